The first-order valence-corrected chi connectivity index (χ1v) is 11.5. The standard InChI is InChI=1S/C18H16N8OS.C7H8/c1-25-9-13(6-23-25)12-2-3-17-21-8-18(26(17)10-12)28-24-15-4-14(22-11-27)7-20-16(15)5-19;1-7-5-3-2-4-6-7/h2-11,19,24H,1H3,(H,22,27);2-6H,1H3. The SMILES string of the molecule is Cc1ccccc1.Cn1cc(-c2ccc3ncc(SNc4cc(NC=O)cnc4C=N)n3c2)cn1. The number of imidazole rings is 1. The van der Waals surface area contributed by atoms with E-state index in [4.69, 9.17) is 5.41 Å². The third-order valence-electron chi connectivity index (χ3n) is 5.00. The summed E-state index contributed by atoms with van der Waals surface area (Å²) < 4.78 is 6.93. The minimum absolute atomic E-state index is 0.466. The Labute approximate surface area is 206 Å². The quantitative estimate of drug-likeness (QED) is 0.174. The first-order valence-electron chi connectivity index (χ1n) is 10.7. The Bertz CT molecular complexity index is 1440. The Morgan fingerprint density at radius 1 is 1.00 bits per heavy atom. The molecule has 1 amide bonds. The van der Waals surface area contributed by atoms with E-state index in [0.29, 0.717) is 23.5 Å². The molecule has 35 heavy (non-hydrogen) atoms. The van der Waals surface area contributed by atoms with Crippen LogP contribution in [0.25, 0.3) is 16.8 Å². The van der Waals surface area contributed by atoms with Crippen molar-refractivity contribution in [3.8, 4) is 11.1 Å². The van der Waals surface area contributed by atoms with E-state index in [9.17, 15) is 4.79 Å². The molecule has 0 spiro atoms. The van der Waals surface area contributed by atoms with E-state index in [1.807, 2.05) is 60.4 Å². The van der Waals surface area contributed by atoms with Gasteiger partial charge in [0, 0.05) is 48.7 Å². The van der Waals surface area contributed by atoms with E-state index in [0.717, 1.165) is 28.0 Å². The molecule has 0 saturated carbocycles. The van der Waals surface area contributed by atoms with Crippen molar-refractivity contribution in [3.63, 3.8) is 0 Å². The van der Waals surface area contributed by atoms with Gasteiger partial charge in [-0.3, -0.25) is 18.9 Å². The summed E-state index contributed by atoms with van der Waals surface area (Å²) in [6, 6.07) is 15.9. The highest BCUT2D eigenvalue weighted by atomic mass is 32.2. The second-order valence-electron chi connectivity index (χ2n) is 7.57. The maximum absolute atomic E-state index is 10.7. The number of carbonyl (C=O) groups is 1. The summed E-state index contributed by atoms with van der Waals surface area (Å²) in [5.74, 6) is 0. The molecule has 1 aromatic carbocycles. The van der Waals surface area contributed by atoms with Crippen molar-refractivity contribution < 1.29 is 4.79 Å². The van der Waals surface area contributed by atoms with Gasteiger partial charge in [-0.2, -0.15) is 5.10 Å². The van der Waals surface area contributed by atoms with E-state index in [2.05, 4.69) is 44.2 Å². The van der Waals surface area contributed by atoms with Gasteiger partial charge in [-0.1, -0.05) is 35.9 Å². The van der Waals surface area contributed by atoms with Gasteiger partial charge in [0.25, 0.3) is 0 Å². The van der Waals surface area contributed by atoms with Crippen molar-refractivity contribution >= 4 is 41.6 Å². The summed E-state index contributed by atoms with van der Waals surface area (Å²) in [6.07, 6.45) is 10.8. The van der Waals surface area contributed by atoms with E-state index in [1.54, 1.807) is 16.9 Å². The van der Waals surface area contributed by atoms with E-state index in [-0.39, 0.29) is 0 Å². The van der Waals surface area contributed by atoms with Crippen molar-refractivity contribution in [1.82, 2.24) is 24.1 Å². The van der Waals surface area contributed by atoms with Gasteiger partial charge in [0.1, 0.15) is 16.4 Å². The molecular weight excluding hydrogens is 460 g/mol. The lowest BCUT2D eigenvalue weighted by Crippen LogP contribution is -2.01. The highest BCUT2D eigenvalue weighted by Gasteiger charge is 2.09. The zero-order valence-corrected chi connectivity index (χ0v) is 20.0. The summed E-state index contributed by atoms with van der Waals surface area (Å²) in [6.45, 7) is 2.08. The number of aromatic nitrogens is 5. The number of fused-ring (bicyclic) bond motifs is 1. The molecule has 0 radical (unpaired) electrons. The van der Waals surface area contributed by atoms with E-state index < -0.39 is 0 Å². The van der Waals surface area contributed by atoms with Gasteiger partial charge in [-0.25, -0.2) is 4.98 Å². The highest BCUT2D eigenvalue weighted by molar-refractivity contribution is 8.00. The van der Waals surface area contributed by atoms with Crippen LogP contribution >= 0.6 is 11.9 Å². The molecule has 0 aliphatic carbocycles. The van der Waals surface area contributed by atoms with Crippen LogP contribution < -0.4 is 10.0 Å². The van der Waals surface area contributed by atoms with Crippen LogP contribution in [0.15, 0.2) is 84.5 Å². The summed E-state index contributed by atoms with van der Waals surface area (Å²) in [5, 5.41) is 15.2. The molecule has 0 atom stereocenters. The number of hydrogen-bond acceptors (Lipinski definition) is 7. The number of benzene rings is 1. The zero-order chi connectivity index (χ0) is 24.6. The van der Waals surface area contributed by atoms with Crippen molar-refractivity contribution in [2.24, 2.45) is 7.05 Å². The maximum Gasteiger partial charge on any atom is 0.211 e. The molecular formula is C25H24N8OS. The van der Waals surface area contributed by atoms with Crippen LogP contribution in [0.3, 0.4) is 0 Å². The Morgan fingerprint density at radius 3 is 2.49 bits per heavy atom. The van der Waals surface area contributed by atoms with Crippen molar-refractivity contribution in [2.75, 3.05) is 10.0 Å². The number of nitrogens with one attached hydrogen (secondary N) is 3. The Hall–Kier alpha value is -4.44. The number of rotatable bonds is 7. The fourth-order valence-corrected chi connectivity index (χ4v) is 3.96. The van der Waals surface area contributed by atoms with Crippen molar-refractivity contribution in [1.29, 1.82) is 5.41 Å². The minimum Gasteiger partial charge on any atom is -0.327 e. The van der Waals surface area contributed by atoms with Crippen molar-refractivity contribution in [2.45, 2.75) is 11.9 Å². The van der Waals surface area contributed by atoms with E-state index in [1.165, 1.54) is 23.7 Å². The van der Waals surface area contributed by atoms with Gasteiger partial charge in [-0.15, -0.1) is 0 Å². The second kappa shape index (κ2) is 11.1. The first kappa shape index (κ1) is 23.7. The molecule has 0 unspecified atom stereocenters. The van der Waals surface area contributed by atoms with Gasteiger partial charge >= 0.3 is 0 Å². The Balaban J connectivity index is 0.000000356. The smallest absolute Gasteiger partial charge is 0.211 e. The molecule has 0 bridgehead atoms. The first-order chi connectivity index (χ1) is 17.1. The molecule has 4 aromatic heterocycles. The molecule has 0 aliphatic rings. The second-order valence-corrected chi connectivity index (χ2v) is 8.39. The number of pyridine rings is 2. The average Bonchev–Trinajstić information content (AvgIpc) is 3.49. The van der Waals surface area contributed by atoms with Gasteiger partial charge in [0.2, 0.25) is 6.41 Å². The maximum atomic E-state index is 10.7. The van der Waals surface area contributed by atoms with Crippen LogP contribution in [-0.2, 0) is 11.8 Å². The zero-order valence-electron chi connectivity index (χ0n) is 19.2. The van der Waals surface area contributed by atoms with Gasteiger partial charge in [-0.05, 0) is 25.1 Å². The monoisotopic (exact) mass is 484 g/mol. The summed E-state index contributed by atoms with van der Waals surface area (Å²) in [4.78, 5) is 19.2. The van der Waals surface area contributed by atoms with Crippen molar-refractivity contribution in [3.05, 3.63) is 90.8 Å². The third kappa shape index (κ3) is 5.92. The molecule has 4 heterocycles. The van der Waals surface area contributed by atoms with E-state index >= 15 is 0 Å². The number of hydrogen-bond donors (Lipinski definition) is 3. The predicted octanol–water partition coefficient (Wildman–Crippen LogP) is 4.81. The van der Waals surface area contributed by atoms with Crippen LogP contribution in [-0.4, -0.2) is 36.8 Å². The minimum atomic E-state index is 0.466. The molecule has 176 valence electrons. The number of aryl methyl sites for hydroxylation is 2. The molecule has 0 aliphatic heterocycles. The van der Waals surface area contributed by atoms with Gasteiger partial charge < -0.3 is 15.4 Å². The summed E-state index contributed by atoms with van der Waals surface area (Å²) in [7, 11) is 1.88. The number of amides is 1. The molecule has 0 saturated heterocycles. The number of carbonyl (C=O) groups excluding carboxylic acids is 1. The number of nitrogens with zero attached hydrogens (tertiary/aromatic N) is 5. The lowest BCUT2D eigenvalue weighted by atomic mass is 10.2. The lowest BCUT2D eigenvalue weighted by molar-refractivity contribution is -0.105. The Kier molecular flexibility index (Phi) is 7.53. The van der Waals surface area contributed by atoms with Crippen LogP contribution in [0.4, 0.5) is 11.4 Å². The molecule has 5 rings (SSSR count). The largest absolute Gasteiger partial charge is 0.327 e. The molecule has 0 fully saturated rings. The van der Waals surface area contributed by atoms with Crippen LogP contribution in [0.2, 0.25) is 0 Å². The fourth-order valence-electron chi connectivity index (χ4n) is 3.24. The molecule has 10 heteroatoms. The summed E-state index contributed by atoms with van der Waals surface area (Å²) >= 11 is 1.35. The van der Waals surface area contributed by atoms with Gasteiger partial charge in [0.15, 0.2) is 0 Å². The normalized spacial score (nSPS) is 10.3. The van der Waals surface area contributed by atoms with Gasteiger partial charge in [0.05, 0.1) is 30.0 Å². The average molecular weight is 485 g/mol. The molecule has 3 N–H and O–H groups in total. The third-order valence-corrected chi connectivity index (χ3v) is 5.83. The van der Waals surface area contributed by atoms with Crippen LogP contribution in [0, 0.1) is 12.3 Å². The topological polar surface area (TPSA) is 113 Å². The van der Waals surface area contributed by atoms with Crippen LogP contribution in [0.5, 0.6) is 0 Å². The molecule has 9 nitrogen and oxygen atoms in total. The lowest BCUT2D eigenvalue weighted by Gasteiger charge is -2.09. The molecule has 5 aromatic rings. The summed E-state index contributed by atoms with van der Waals surface area (Å²) in [5.41, 5.74) is 5.81. The fraction of sp³-hybridized carbons (Fsp3) is 0.0800. The number of anilines is 2. The predicted molar refractivity (Wildman–Crippen MR) is 140 cm³/mol. The van der Waals surface area contributed by atoms with Crippen LogP contribution in [0.1, 0.15) is 11.3 Å². The Morgan fingerprint density at radius 2 is 1.83 bits per heavy atom. The highest BCUT2D eigenvalue weighted by Crippen LogP contribution is 2.27.